The lowest BCUT2D eigenvalue weighted by Crippen LogP contribution is -2.22. The van der Waals surface area contributed by atoms with Crippen LogP contribution >= 0.6 is 35.6 Å². The lowest BCUT2D eigenvalue weighted by atomic mass is 10.2. The number of nitrogens with zero attached hydrogens (tertiary/aromatic N) is 1. The zero-order valence-electron chi connectivity index (χ0n) is 12.9. The van der Waals surface area contributed by atoms with E-state index in [1.807, 2.05) is 54.6 Å². The van der Waals surface area contributed by atoms with Crippen molar-refractivity contribution in [3.63, 3.8) is 0 Å². The second kappa shape index (κ2) is 7.38. The minimum atomic E-state index is -0.0856. The van der Waals surface area contributed by atoms with Crippen molar-refractivity contribution in [3.05, 3.63) is 69.6 Å². The molecule has 2 aromatic rings. The number of hydrogen-bond acceptors (Lipinski definition) is 4. The van der Waals surface area contributed by atoms with Crippen molar-refractivity contribution in [2.45, 2.75) is 6.61 Å². The molecule has 0 atom stereocenters. The number of ether oxygens (including phenoxy) is 1. The summed E-state index contributed by atoms with van der Waals surface area (Å²) in [5.74, 6) is 0.631. The number of para-hydroxylation sites is 1. The van der Waals surface area contributed by atoms with Gasteiger partial charge in [-0.25, -0.2) is 0 Å². The molecule has 3 nitrogen and oxygen atoms in total. The standard InChI is InChI=1S/C18H14ClNO2S2/c1-20-17(21)16(24-18(20)23)10-13-4-2-3-5-15(13)22-11-12-6-8-14(19)9-7-12/h2-10H,11H2,1H3/b16-10-. The van der Waals surface area contributed by atoms with Crippen LogP contribution in [0.2, 0.25) is 5.02 Å². The highest BCUT2D eigenvalue weighted by atomic mass is 35.5. The van der Waals surface area contributed by atoms with Crippen LogP contribution in [0.15, 0.2) is 53.4 Å². The summed E-state index contributed by atoms with van der Waals surface area (Å²) >= 11 is 12.3. The molecule has 0 aromatic heterocycles. The molecule has 1 aliphatic rings. The predicted molar refractivity (Wildman–Crippen MR) is 103 cm³/mol. The second-order valence-corrected chi connectivity index (χ2v) is 7.31. The van der Waals surface area contributed by atoms with Crippen molar-refractivity contribution >= 4 is 51.9 Å². The van der Waals surface area contributed by atoms with Gasteiger partial charge >= 0.3 is 0 Å². The summed E-state index contributed by atoms with van der Waals surface area (Å²) in [4.78, 5) is 14.2. The fourth-order valence-corrected chi connectivity index (χ4v) is 3.46. The highest BCUT2D eigenvalue weighted by Crippen LogP contribution is 2.33. The summed E-state index contributed by atoms with van der Waals surface area (Å²) in [6.07, 6.45) is 1.82. The van der Waals surface area contributed by atoms with Gasteiger partial charge in [0, 0.05) is 17.6 Å². The van der Waals surface area contributed by atoms with Crippen molar-refractivity contribution in [1.82, 2.24) is 4.90 Å². The first kappa shape index (κ1) is 17.0. The van der Waals surface area contributed by atoms with Gasteiger partial charge in [-0.1, -0.05) is 65.9 Å². The Morgan fingerprint density at radius 1 is 1.21 bits per heavy atom. The molecule has 0 N–H and O–H groups in total. The van der Waals surface area contributed by atoms with Crippen LogP contribution < -0.4 is 4.74 Å². The van der Waals surface area contributed by atoms with Crippen molar-refractivity contribution in [1.29, 1.82) is 0 Å². The van der Waals surface area contributed by atoms with E-state index in [2.05, 4.69) is 0 Å². The molecule has 1 heterocycles. The predicted octanol–water partition coefficient (Wildman–Crippen LogP) is 4.75. The third-order valence-electron chi connectivity index (χ3n) is 3.50. The Bertz CT molecular complexity index is 818. The van der Waals surface area contributed by atoms with Crippen molar-refractivity contribution in [2.75, 3.05) is 7.05 Å². The van der Waals surface area contributed by atoms with E-state index >= 15 is 0 Å². The zero-order chi connectivity index (χ0) is 17.1. The van der Waals surface area contributed by atoms with Gasteiger partial charge in [0.05, 0.1) is 4.91 Å². The molecule has 2 aromatic carbocycles. The van der Waals surface area contributed by atoms with Gasteiger partial charge in [-0.15, -0.1) is 0 Å². The topological polar surface area (TPSA) is 29.5 Å². The molecule has 0 radical (unpaired) electrons. The lowest BCUT2D eigenvalue weighted by Gasteiger charge is -2.10. The average molecular weight is 376 g/mol. The van der Waals surface area contributed by atoms with Gasteiger partial charge in [0.2, 0.25) is 0 Å². The van der Waals surface area contributed by atoms with Gasteiger partial charge in [-0.3, -0.25) is 9.69 Å². The van der Waals surface area contributed by atoms with Crippen LogP contribution in [0.25, 0.3) is 6.08 Å². The summed E-state index contributed by atoms with van der Waals surface area (Å²) < 4.78 is 6.47. The Balaban J connectivity index is 1.79. The fourth-order valence-electron chi connectivity index (χ4n) is 2.16. The minimum absolute atomic E-state index is 0.0856. The van der Waals surface area contributed by atoms with E-state index < -0.39 is 0 Å². The van der Waals surface area contributed by atoms with Crippen LogP contribution in [0.4, 0.5) is 0 Å². The molecular weight excluding hydrogens is 362 g/mol. The van der Waals surface area contributed by atoms with E-state index in [1.165, 1.54) is 16.7 Å². The molecule has 122 valence electrons. The molecule has 0 unspecified atom stereocenters. The van der Waals surface area contributed by atoms with Crippen LogP contribution in [-0.4, -0.2) is 22.2 Å². The Labute approximate surface area is 155 Å². The maximum Gasteiger partial charge on any atom is 0.265 e. The van der Waals surface area contributed by atoms with Crippen LogP contribution in [0.1, 0.15) is 11.1 Å². The van der Waals surface area contributed by atoms with E-state index in [4.69, 9.17) is 28.6 Å². The number of thiocarbonyl (C=S) groups is 1. The zero-order valence-corrected chi connectivity index (χ0v) is 15.3. The third kappa shape index (κ3) is 3.80. The van der Waals surface area contributed by atoms with Crippen LogP contribution in [0, 0.1) is 0 Å². The Kier molecular flexibility index (Phi) is 5.23. The molecular formula is C18H14ClNO2S2. The van der Waals surface area contributed by atoms with Gasteiger partial charge < -0.3 is 4.74 Å². The fraction of sp³-hybridized carbons (Fsp3) is 0.111. The summed E-state index contributed by atoms with van der Waals surface area (Å²) in [6.45, 7) is 0.427. The number of rotatable bonds is 4. The van der Waals surface area contributed by atoms with Crippen molar-refractivity contribution < 1.29 is 9.53 Å². The van der Waals surface area contributed by atoms with Gasteiger partial charge in [-0.2, -0.15) is 0 Å². The van der Waals surface area contributed by atoms with E-state index in [1.54, 1.807) is 7.05 Å². The summed E-state index contributed by atoms with van der Waals surface area (Å²) in [7, 11) is 1.68. The summed E-state index contributed by atoms with van der Waals surface area (Å²) in [6, 6.07) is 15.1. The quantitative estimate of drug-likeness (QED) is 0.569. The van der Waals surface area contributed by atoms with Gasteiger partial charge in [-0.05, 0) is 29.8 Å². The molecule has 3 rings (SSSR count). The van der Waals surface area contributed by atoms with Gasteiger partial charge in [0.15, 0.2) is 0 Å². The lowest BCUT2D eigenvalue weighted by molar-refractivity contribution is -0.121. The Morgan fingerprint density at radius 3 is 2.58 bits per heavy atom. The van der Waals surface area contributed by atoms with Crippen molar-refractivity contribution in [2.24, 2.45) is 0 Å². The number of amides is 1. The molecule has 0 spiro atoms. The highest BCUT2D eigenvalue weighted by Gasteiger charge is 2.28. The van der Waals surface area contributed by atoms with E-state index in [0.29, 0.717) is 26.6 Å². The van der Waals surface area contributed by atoms with Gasteiger partial charge in [0.1, 0.15) is 16.7 Å². The third-order valence-corrected chi connectivity index (χ3v) is 5.24. The van der Waals surface area contributed by atoms with Crippen LogP contribution in [-0.2, 0) is 11.4 Å². The minimum Gasteiger partial charge on any atom is -0.488 e. The number of carbonyl (C=O) groups excluding carboxylic acids is 1. The molecule has 0 saturated carbocycles. The SMILES string of the molecule is CN1C(=O)/C(=C/c2ccccc2OCc2ccc(Cl)cc2)SC1=S. The van der Waals surface area contributed by atoms with E-state index in [0.717, 1.165) is 11.1 Å². The first-order valence-electron chi connectivity index (χ1n) is 7.22. The molecule has 1 fully saturated rings. The molecule has 1 saturated heterocycles. The number of hydrogen-bond donors (Lipinski definition) is 0. The Morgan fingerprint density at radius 2 is 1.92 bits per heavy atom. The maximum absolute atomic E-state index is 12.1. The number of benzene rings is 2. The number of likely N-dealkylation sites (N-methyl/N-ethyl adjacent to an activating group) is 1. The summed E-state index contributed by atoms with van der Waals surface area (Å²) in [5.41, 5.74) is 1.87. The molecule has 1 aliphatic heterocycles. The molecule has 0 bridgehead atoms. The van der Waals surface area contributed by atoms with E-state index in [9.17, 15) is 4.79 Å². The highest BCUT2D eigenvalue weighted by molar-refractivity contribution is 8.26. The first-order valence-corrected chi connectivity index (χ1v) is 8.83. The normalized spacial score (nSPS) is 16.1. The monoisotopic (exact) mass is 375 g/mol. The van der Waals surface area contributed by atoms with Crippen LogP contribution in [0.5, 0.6) is 5.75 Å². The largest absolute Gasteiger partial charge is 0.488 e. The molecule has 1 amide bonds. The number of carbonyl (C=O) groups is 1. The number of halogens is 1. The van der Waals surface area contributed by atoms with Gasteiger partial charge in [0.25, 0.3) is 5.91 Å². The van der Waals surface area contributed by atoms with Crippen molar-refractivity contribution in [3.8, 4) is 5.75 Å². The van der Waals surface area contributed by atoms with Crippen LogP contribution in [0.3, 0.4) is 0 Å². The molecule has 24 heavy (non-hydrogen) atoms. The maximum atomic E-state index is 12.1. The average Bonchev–Trinajstić information content (AvgIpc) is 2.82. The first-order chi connectivity index (χ1) is 11.5. The van der Waals surface area contributed by atoms with E-state index in [-0.39, 0.29) is 5.91 Å². The smallest absolute Gasteiger partial charge is 0.265 e. The Hall–Kier alpha value is -1.82. The summed E-state index contributed by atoms with van der Waals surface area (Å²) in [5, 5.41) is 0.695. The molecule has 0 aliphatic carbocycles. The second-order valence-electron chi connectivity index (χ2n) is 5.19. The number of thioether (sulfide) groups is 1. The molecule has 6 heteroatoms.